The van der Waals surface area contributed by atoms with Crippen LogP contribution in [0.3, 0.4) is 0 Å². The van der Waals surface area contributed by atoms with Gasteiger partial charge in [-0.3, -0.25) is 4.79 Å². The van der Waals surface area contributed by atoms with Crippen LogP contribution in [0.1, 0.15) is 40.5 Å². The Labute approximate surface area is 94.2 Å². The lowest BCUT2D eigenvalue weighted by molar-refractivity contribution is -0.131. The Bertz CT molecular complexity index is 171. The fourth-order valence-corrected chi connectivity index (χ4v) is 1.44. The van der Waals surface area contributed by atoms with E-state index in [1.807, 2.05) is 11.8 Å². The largest absolute Gasteiger partial charge is 0.343 e. The molecule has 90 valence electrons. The van der Waals surface area contributed by atoms with Crippen LogP contribution in [-0.4, -0.2) is 37.0 Å². The molecule has 1 unspecified atom stereocenters. The van der Waals surface area contributed by atoms with E-state index in [0.717, 1.165) is 32.6 Å². The quantitative estimate of drug-likeness (QED) is 0.626. The Hall–Kier alpha value is -0.570. The minimum absolute atomic E-state index is 0.277. The molecule has 1 amide bonds. The number of nitrogens with one attached hydrogen (secondary N) is 1. The van der Waals surface area contributed by atoms with Gasteiger partial charge in [0.2, 0.25) is 5.91 Å². The predicted octanol–water partition coefficient (Wildman–Crippen LogP) is 1.88. The SMILES string of the molecule is CCNCCC(=O)N(CC)CC(C)CC. The summed E-state index contributed by atoms with van der Waals surface area (Å²) < 4.78 is 0. The minimum atomic E-state index is 0.277. The first-order valence-electron chi connectivity index (χ1n) is 6.14. The van der Waals surface area contributed by atoms with Crippen LogP contribution in [0.2, 0.25) is 0 Å². The van der Waals surface area contributed by atoms with Crippen molar-refractivity contribution in [1.82, 2.24) is 10.2 Å². The Morgan fingerprint density at radius 2 is 2.00 bits per heavy atom. The van der Waals surface area contributed by atoms with Gasteiger partial charge in [-0.1, -0.05) is 27.2 Å². The van der Waals surface area contributed by atoms with Gasteiger partial charge >= 0.3 is 0 Å². The zero-order valence-electron chi connectivity index (χ0n) is 10.7. The third-order valence-electron chi connectivity index (χ3n) is 2.73. The van der Waals surface area contributed by atoms with Crippen LogP contribution in [0.25, 0.3) is 0 Å². The molecule has 3 nitrogen and oxygen atoms in total. The van der Waals surface area contributed by atoms with Gasteiger partial charge in [-0.15, -0.1) is 0 Å². The number of hydrogen-bond donors (Lipinski definition) is 1. The van der Waals surface area contributed by atoms with E-state index in [4.69, 9.17) is 0 Å². The summed E-state index contributed by atoms with van der Waals surface area (Å²) in [5.74, 6) is 0.881. The van der Waals surface area contributed by atoms with Crippen molar-refractivity contribution >= 4 is 5.91 Å². The van der Waals surface area contributed by atoms with Crippen molar-refractivity contribution in [3.8, 4) is 0 Å². The summed E-state index contributed by atoms with van der Waals surface area (Å²) in [4.78, 5) is 13.8. The van der Waals surface area contributed by atoms with Crippen LogP contribution < -0.4 is 5.32 Å². The topological polar surface area (TPSA) is 32.3 Å². The molecule has 0 fully saturated rings. The summed E-state index contributed by atoms with van der Waals surface area (Å²) in [7, 11) is 0. The summed E-state index contributed by atoms with van der Waals surface area (Å²) in [6.45, 7) is 11.9. The second-order valence-corrected chi connectivity index (χ2v) is 4.05. The molecule has 0 spiro atoms. The molecule has 0 heterocycles. The first kappa shape index (κ1) is 14.4. The summed E-state index contributed by atoms with van der Waals surface area (Å²) in [6.07, 6.45) is 1.76. The molecule has 0 saturated carbocycles. The smallest absolute Gasteiger partial charge is 0.223 e. The fraction of sp³-hybridized carbons (Fsp3) is 0.917. The van der Waals surface area contributed by atoms with Crippen LogP contribution in [0.4, 0.5) is 0 Å². The van der Waals surface area contributed by atoms with Crippen molar-refractivity contribution in [2.45, 2.75) is 40.5 Å². The Kier molecular flexibility index (Phi) is 8.38. The normalized spacial score (nSPS) is 12.5. The van der Waals surface area contributed by atoms with Gasteiger partial charge in [-0.05, 0) is 19.4 Å². The zero-order chi connectivity index (χ0) is 11.7. The van der Waals surface area contributed by atoms with E-state index in [2.05, 4.69) is 26.1 Å². The predicted molar refractivity (Wildman–Crippen MR) is 64.9 cm³/mol. The van der Waals surface area contributed by atoms with E-state index < -0.39 is 0 Å². The van der Waals surface area contributed by atoms with Crippen LogP contribution in [0.15, 0.2) is 0 Å². The van der Waals surface area contributed by atoms with Crippen molar-refractivity contribution in [3.05, 3.63) is 0 Å². The molecule has 0 aromatic carbocycles. The average molecular weight is 214 g/mol. The lowest BCUT2D eigenvalue weighted by Gasteiger charge is -2.24. The molecule has 3 heteroatoms. The van der Waals surface area contributed by atoms with E-state index in [1.54, 1.807) is 0 Å². The molecule has 0 bridgehead atoms. The Balaban J connectivity index is 3.88. The summed E-state index contributed by atoms with van der Waals surface area (Å²) in [6, 6.07) is 0. The van der Waals surface area contributed by atoms with Crippen LogP contribution in [0, 0.1) is 5.92 Å². The standard InChI is InChI=1S/C12H26N2O/c1-5-11(4)10-14(7-3)12(15)8-9-13-6-2/h11,13H,5-10H2,1-4H3. The van der Waals surface area contributed by atoms with E-state index in [-0.39, 0.29) is 5.91 Å². The second kappa shape index (κ2) is 8.72. The molecule has 1 atom stereocenters. The molecular formula is C12H26N2O. The first-order valence-corrected chi connectivity index (χ1v) is 6.14. The number of carbonyl (C=O) groups excluding carboxylic acids is 1. The molecule has 0 saturated heterocycles. The average Bonchev–Trinajstić information content (AvgIpc) is 2.25. The highest BCUT2D eigenvalue weighted by molar-refractivity contribution is 5.76. The van der Waals surface area contributed by atoms with Gasteiger partial charge in [0, 0.05) is 26.1 Å². The highest BCUT2D eigenvalue weighted by Crippen LogP contribution is 2.05. The van der Waals surface area contributed by atoms with Gasteiger partial charge in [-0.2, -0.15) is 0 Å². The van der Waals surface area contributed by atoms with E-state index >= 15 is 0 Å². The van der Waals surface area contributed by atoms with E-state index in [1.165, 1.54) is 0 Å². The molecule has 0 rings (SSSR count). The maximum atomic E-state index is 11.8. The van der Waals surface area contributed by atoms with Crippen molar-refractivity contribution in [3.63, 3.8) is 0 Å². The fourth-order valence-electron chi connectivity index (χ4n) is 1.44. The number of amides is 1. The second-order valence-electron chi connectivity index (χ2n) is 4.05. The maximum absolute atomic E-state index is 11.8. The number of nitrogens with zero attached hydrogens (tertiary/aromatic N) is 1. The lowest BCUT2D eigenvalue weighted by atomic mass is 10.1. The molecule has 0 aliphatic rings. The molecule has 1 N–H and O–H groups in total. The van der Waals surface area contributed by atoms with Gasteiger partial charge in [-0.25, -0.2) is 0 Å². The van der Waals surface area contributed by atoms with E-state index in [9.17, 15) is 4.79 Å². The van der Waals surface area contributed by atoms with Crippen molar-refractivity contribution < 1.29 is 4.79 Å². The summed E-state index contributed by atoms with van der Waals surface area (Å²) in [5, 5.41) is 3.18. The van der Waals surface area contributed by atoms with Gasteiger partial charge in [0.1, 0.15) is 0 Å². The van der Waals surface area contributed by atoms with E-state index in [0.29, 0.717) is 12.3 Å². The molecule has 0 aromatic rings. The molecular weight excluding hydrogens is 188 g/mol. The van der Waals surface area contributed by atoms with Crippen LogP contribution >= 0.6 is 0 Å². The van der Waals surface area contributed by atoms with Crippen LogP contribution in [-0.2, 0) is 4.79 Å². The highest BCUT2D eigenvalue weighted by Gasteiger charge is 2.13. The molecule has 0 aliphatic heterocycles. The minimum Gasteiger partial charge on any atom is -0.343 e. The highest BCUT2D eigenvalue weighted by atomic mass is 16.2. The third-order valence-corrected chi connectivity index (χ3v) is 2.73. The van der Waals surface area contributed by atoms with Crippen molar-refractivity contribution in [1.29, 1.82) is 0 Å². The van der Waals surface area contributed by atoms with Crippen LogP contribution in [0.5, 0.6) is 0 Å². The van der Waals surface area contributed by atoms with Crippen molar-refractivity contribution in [2.24, 2.45) is 5.92 Å². The Morgan fingerprint density at radius 3 is 2.47 bits per heavy atom. The number of rotatable bonds is 8. The summed E-state index contributed by atoms with van der Waals surface area (Å²) >= 11 is 0. The van der Waals surface area contributed by atoms with Gasteiger partial charge in [0.05, 0.1) is 0 Å². The third kappa shape index (κ3) is 6.50. The molecule has 0 radical (unpaired) electrons. The number of hydrogen-bond acceptors (Lipinski definition) is 2. The number of carbonyl (C=O) groups is 1. The molecule has 0 aromatic heterocycles. The maximum Gasteiger partial charge on any atom is 0.223 e. The van der Waals surface area contributed by atoms with Gasteiger partial charge in [0.25, 0.3) is 0 Å². The monoisotopic (exact) mass is 214 g/mol. The van der Waals surface area contributed by atoms with Crippen molar-refractivity contribution in [2.75, 3.05) is 26.2 Å². The van der Waals surface area contributed by atoms with Gasteiger partial charge < -0.3 is 10.2 Å². The zero-order valence-corrected chi connectivity index (χ0v) is 10.7. The Morgan fingerprint density at radius 1 is 1.33 bits per heavy atom. The first-order chi connectivity index (χ1) is 7.15. The lowest BCUT2D eigenvalue weighted by Crippen LogP contribution is -2.36. The summed E-state index contributed by atoms with van der Waals surface area (Å²) in [5.41, 5.74) is 0. The van der Waals surface area contributed by atoms with Gasteiger partial charge in [0.15, 0.2) is 0 Å². The molecule has 15 heavy (non-hydrogen) atoms. The molecule has 0 aliphatic carbocycles.